The zero-order valence-corrected chi connectivity index (χ0v) is 11.5. The van der Waals surface area contributed by atoms with Gasteiger partial charge in [-0.05, 0) is 0 Å². The number of aromatic hydroxyl groups is 2. The monoisotopic (exact) mass is 312 g/mol. The fraction of sp³-hybridized carbons (Fsp3) is 0.222. The second kappa shape index (κ2) is 6.76. The maximum absolute atomic E-state index is 11.2. The van der Waals surface area contributed by atoms with Crippen molar-refractivity contribution in [2.75, 3.05) is 0 Å². The molecule has 0 heterocycles. The molecule has 1 aromatic carbocycles. The molecule has 0 unspecified atom stereocenters. The number of phenolic OH excluding ortho intramolecular Hbond substituents is 2. The van der Waals surface area contributed by atoms with Gasteiger partial charge < -0.3 is 0 Å². The Labute approximate surface area is 110 Å². The Bertz CT molecular complexity index is 451. The molecule has 0 amide bonds. The summed E-state index contributed by atoms with van der Waals surface area (Å²) in [5.74, 6) is -1.11. The van der Waals surface area contributed by atoms with Gasteiger partial charge in [-0.25, -0.2) is 0 Å². The number of hydrogen-bond acceptors (Lipinski definition) is 7. The van der Waals surface area contributed by atoms with Crippen molar-refractivity contribution in [2.45, 2.75) is 12.8 Å². The van der Waals surface area contributed by atoms with Crippen LogP contribution in [0.15, 0.2) is 18.2 Å². The van der Waals surface area contributed by atoms with E-state index in [4.69, 9.17) is 5.11 Å². The molecule has 8 nitrogen and oxygen atoms in total. The molecule has 9 heteroatoms. The van der Waals surface area contributed by atoms with Crippen LogP contribution in [0.2, 0.25) is 0 Å². The Morgan fingerprint density at radius 3 is 2.72 bits per heavy atom. The Kier molecular flexibility index (Phi) is 5.33. The summed E-state index contributed by atoms with van der Waals surface area (Å²) in [4.78, 5) is 21.0. The molecule has 0 saturated heterocycles. The van der Waals surface area contributed by atoms with Gasteiger partial charge in [0.15, 0.2) is 0 Å². The molecular weight excluding hydrogens is 304 g/mol. The molecule has 0 bridgehead atoms. The van der Waals surface area contributed by atoms with E-state index in [1.165, 1.54) is 12.1 Å². The van der Waals surface area contributed by atoms with E-state index in [1.54, 1.807) is 6.07 Å². The fourth-order valence-electron chi connectivity index (χ4n) is 1.14. The topological polar surface area (TPSA) is 119 Å². The normalized spacial score (nSPS) is 9.56. The summed E-state index contributed by atoms with van der Waals surface area (Å²) in [6, 6.07) is 4.19. The molecule has 0 atom stereocenters. The van der Waals surface area contributed by atoms with Crippen LogP contribution < -0.4 is 0 Å². The quantitative estimate of drug-likeness (QED) is 0.336. The fourth-order valence-corrected chi connectivity index (χ4v) is 1.85. The van der Waals surface area contributed by atoms with Crippen LogP contribution >= 0.6 is 0 Å². The Balaban J connectivity index is 2.33. The zero-order valence-electron chi connectivity index (χ0n) is 9.11. The Morgan fingerprint density at radius 1 is 1.39 bits per heavy atom. The van der Waals surface area contributed by atoms with Crippen molar-refractivity contribution in [2.24, 2.45) is 0 Å². The average Bonchev–Trinajstić information content (AvgIpc) is 2.30. The first-order valence-electron chi connectivity index (χ1n) is 4.82. The van der Waals surface area contributed by atoms with Crippen LogP contribution in [0.5, 0.6) is 11.5 Å². The predicted molar refractivity (Wildman–Crippen MR) is 58.0 cm³/mol. The van der Waals surface area contributed by atoms with Crippen LogP contribution in [0, 0.1) is 10.1 Å². The summed E-state index contributed by atoms with van der Waals surface area (Å²) in [6.07, 6.45) is 0.311. The molecule has 0 aliphatic rings. The van der Waals surface area contributed by atoms with Crippen molar-refractivity contribution in [3.8, 4) is 11.5 Å². The summed E-state index contributed by atoms with van der Waals surface area (Å²) < 4.78 is 8.53. The second-order valence-electron chi connectivity index (χ2n) is 3.24. The summed E-state index contributed by atoms with van der Waals surface area (Å²) in [7, 11) is 0. The number of phenols is 2. The van der Waals surface area contributed by atoms with E-state index in [0.717, 1.165) is 0 Å². The first-order valence-corrected chi connectivity index (χ1v) is 6.80. The van der Waals surface area contributed by atoms with Gasteiger partial charge in [0.25, 0.3) is 0 Å². The van der Waals surface area contributed by atoms with Gasteiger partial charge in [-0.15, -0.1) is 0 Å². The molecule has 1 aromatic rings. The molecule has 95 valence electrons. The number of nitrogens with zero attached hydrogens (tertiary/aromatic N) is 1. The average molecular weight is 313 g/mol. The van der Waals surface area contributed by atoms with Crippen LogP contribution in [0.3, 0.4) is 0 Å². The SMILES string of the molecule is O=C(CCc1ccc(O)c(O)c1)[O][Ga][O][N+](=O)[O-]. The van der Waals surface area contributed by atoms with Crippen LogP contribution in [0.25, 0.3) is 0 Å². The van der Waals surface area contributed by atoms with Crippen LogP contribution in [0.1, 0.15) is 12.0 Å². The van der Waals surface area contributed by atoms with E-state index in [0.29, 0.717) is 12.0 Å². The minimum absolute atomic E-state index is 0.0165. The van der Waals surface area contributed by atoms with E-state index >= 15 is 0 Å². The summed E-state index contributed by atoms with van der Waals surface area (Å²) in [5, 5.41) is 27.1. The molecule has 0 aliphatic heterocycles. The molecule has 0 fully saturated rings. The number of hydrogen-bond donors (Lipinski definition) is 2. The third kappa shape index (κ3) is 4.97. The molecule has 2 N–H and O–H groups in total. The first-order chi connectivity index (χ1) is 8.49. The van der Waals surface area contributed by atoms with Crippen molar-refractivity contribution in [1.29, 1.82) is 0 Å². The molecule has 18 heavy (non-hydrogen) atoms. The van der Waals surface area contributed by atoms with E-state index in [9.17, 15) is 20.0 Å². The molecular formula is C9H9GaNO7. The summed E-state index contributed by atoms with van der Waals surface area (Å²) >= 11 is -2.09. The number of carbonyl (C=O) groups is 1. The van der Waals surface area contributed by atoms with Crippen LogP contribution in [-0.4, -0.2) is 39.4 Å². The Hall–Kier alpha value is -1.87. The molecule has 1 rings (SSSR count). The number of benzene rings is 1. The van der Waals surface area contributed by atoms with Crippen molar-refractivity contribution in [1.82, 2.24) is 0 Å². The van der Waals surface area contributed by atoms with Gasteiger partial charge in [0, 0.05) is 0 Å². The summed E-state index contributed by atoms with van der Waals surface area (Å²) in [5.41, 5.74) is 0.640. The van der Waals surface area contributed by atoms with Gasteiger partial charge in [-0.2, -0.15) is 0 Å². The minimum atomic E-state index is -2.09. The zero-order chi connectivity index (χ0) is 13.5. The van der Waals surface area contributed by atoms with E-state index in [1.807, 2.05) is 0 Å². The van der Waals surface area contributed by atoms with Crippen molar-refractivity contribution in [3.05, 3.63) is 33.9 Å². The van der Waals surface area contributed by atoms with Gasteiger partial charge in [-0.3, -0.25) is 0 Å². The standard InChI is InChI=1S/C9H10O4.Ga.NO3/c10-7-3-1-6(5-8(7)11)2-4-9(12)13;;2-1(3)4/h1,3,5,10-11H,2,4H2,(H,12,13);;/q;+2;-1/p-1. The number of aryl methyl sites for hydroxylation is 1. The number of rotatable bonds is 6. The molecule has 0 saturated carbocycles. The van der Waals surface area contributed by atoms with Gasteiger partial charge in [0.05, 0.1) is 0 Å². The van der Waals surface area contributed by atoms with Gasteiger partial charge >= 0.3 is 110 Å². The third-order valence-electron chi connectivity index (χ3n) is 1.97. The van der Waals surface area contributed by atoms with E-state index in [-0.39, 0.29) is 17.9 Å². The van der Waals surface area contributed by atoms with Crippen molar-refractivity contribution >= 4 is 24.1 Å². The van der Waals surface area contributed by atoms with Gasteiger partial charge in [-0.1, -0.05) is 0 Å². The van der Waals surface area contributed by atoms with Gasteiger partial charge in [0.2, 0.25) is 0 Å². The van der Waals surface area contributed by atoms with Crippen molar-refractivity contribution < 1.29 is 27.3 Å². The second-order valence-corrected chi connectivity index (χ2v) is 4.58. The molecule has 0 spiro atoms. The Morgan fingerprint density at radius 2 is 2.11 bits per heavy atom. The maximum atomic E-state index is 11.2. The van der Waals surface area contributed by atoms with Crippen LogP contribution in [0.4, 0.5) is 0 Å². The third-order valence-corrected chi connectivity index (χ3v) is 3.26. The molecule has 1 radical (unpaired) electrons. The predicted octanol–water partition coefficient (Wildman–Crippen LogP) is 0.316. The van der Waals surface area contributed by atoms with E-state index < -0.39 is 29.2 Å². The van der Waals surface area contributed by atoms with E-state index in [2.05, 4.69) is 7.16 Å². The molecule has 0 aliphatic carbocycles. The molecule has 0 aromatic heterocycles. The van der Waals surface area contributed by atoms with Crippen LogP contribution in [-0.2, 0) is 18.4 Å². The van der Waals surface area contributed by atoms with Crippen molar-refractivity contribution in [3.63, 3.8) is 0 Å². The number of carbonyl (C=O) groups excluding carboxylic acids is 1. The first kappa shape index (κ1) is 14.2. The van der Waals surface area contributed by atoms with Gasteiger partial charge in [0.1, 0.15) is 0 Å². The summed E-state index contributed by atoms with van der Waals surface area (Å²) in [6.45, 7) is 0.